The van der Waals surface area contributed by atoms with Crippen molar-refractivity contribution in [2.24, 2.45) is 0 Å². The van der Waals surface area contributed by atoms with Crippen LogP contribution in [0.2, 0.25) is 0 Å². The highest BCUT2D eigenvalue weighted by atomic mass is 32.1. The first-order valence-electron chi connectivity index (χ1n) is 7.55. The fourth-order valence-corrected chi connectivity index (χ4v) is 2.42. The van der Waals surface area contributed by atoms with Crippen LogP contribution >= 0.6 is 12.6 Å². The van der Waals surface area contributed by atoms with E-state index in [1.807, 2.05) is 36.4 Å². The quantitative estimate of drug-likeness (QED) is 0.294. The highest BCUT2D eigenvalue weighted by molar-refractivity contribution is 7.80. The second-order valence-electron chi connectivity index (χ2n) is 6.52. The Bertz CT molecular complexity index is 748. The number of hydrogen-bond donors (Lipinski definition) is 3. The first kappa shape index (κ1) is 17.2. The van der Waals surface area contributed by atoms with Crippen molar-refractivity contribution >= 4 is 29.1 Å². The highest BCUT2D eigenvalue weighted by Crippen LogP contribution is 2.28. The molecular weight excluding hydrogens is 302 g/mol. The predicted molar refractivity (Wildman–Crippen MR) is 102 cm³/mol. The molecule has 0 aliphatic heterocycles. The van der Waals surface area contributed by atoms with Crippen molar-refractivity contribution in [3.8, 4) is 5.75 Å². The summed E-state index contributed by atoms with van der Waals surface area (Å²) in [6, 6.07) is 19.2. The van der Waals surface area contributed by atoms with Crippen LogP contribution in [-0.2, 0) is 5.41 Å². The first-order chi connectivity index (χ1) is 10.8. The number of thiol groups is 1. The number of hydrogen-bond acceptors (Lipinski definition) is 3. The van der Waals surface area contributed by atoms with E-state index in [0.29, 0.717) is 5.69 Å². The van der Waals surface area contributed by atoms with Gasteiger partial charge in [-0.3, -0.25) is 0 Å². The zero-order valence-corrected chi connectivity index (χ0v) is 14.6. The van der Waals surface area contributed by atoms with Crippen molar-refractivity contribution in [3.63, 3.8) is 0 Å². The number of anilines is 1. The molecule has 0 aliphatic rings. The van der Waals surface area contributed by atoms with Gasteiger partial charge in [0.05, 0.1) is 0 Å². The lowest BCUT2D eigenvalue weighted by molar-refractivity contribution is 0.481. The Morgan fingerprint density at radius 2 is 1.39 bits per heavy atom. The van der Waals surface area contributed by atoms with E-state index in [2.05, 4.69) is 45.5 Å². The zero-order valence-electron chi connectivity index (χ0n) is 13.7. The lowest BCUT2D eigenvalue weighted by atomic mass is 9.87. The van der Waals surface area contributed by atoms with Crippen LogP contribution in [0.25, 0.3) is 10.8 Å². The van der Waals surface area contributed by atoms with E-state index in [1.165, 1.54) is 5.56 Å². The topological polar surface area (TPSA) is 46.2 Å². The highest BCUT2D eigenvalue weighted by Gasteiger charge is 2.12. The van der Waals surface area contributed by atoms with Gasteiger partial charge in [0.25, 0.3) is 0 Å². The van der Waals surface area contributed by atoms with Gasteiger partial charge in [0, 0.05) is 21.4 Å². The first-order valence-corrected chi connectivity index (χ1v) is 7.99. The summed E-state index contributed by atoms with van der Waals surface area (Å²) in [6.07, 6.45) is 0. The maximum Gasteiger partial charge on any atom is 0.123 e. The van der Waals surface area contributed by atoms with Crippen LogP contribution in [0.5, 0.6) is 5.75 Å². The summed E-state index contributed by atoms with van der Waals surface area (Å²) in [5, 5.41) is 11.1. The minimum Gasteiger partial charge on any atom is -0.507 e. The summed E-state index contributed by atoms with van der Waals surface area (Å²) in [4.78, 5) is 1.03. The summed E-state index contributed by atoms with van der Waals surface area (Å²) in [7, 11) is 0. The Morgan fingerprint density at radius 3 is 1.91 bits per heavy atom. The molecule has 3 aromatic carbocycles. The number of phenolic OH excluding ortho intramolecular Hbond substituents is 1. The number of aromatic hydroxyl groups is 1. The summed E-state index contributed by atoms with van der Waals surface area (Å²) >= 11 is 4.23. The van der Waals surface area contributed by atoms with E-state index in [-0.39, 0.29) is 11.2 Å². The van der Waals surface area contributed by atoms with Crippen LogP contribution in [0.4, 0.5) is 5.69 Å². The van der Waals surface area contributed by atoms with Crippen LogP contribution in [0.15, 0.2) is 65.6 Å². The maximum absolute atomic E-state index is 9.44. The summed E-state index contributed by atoms with van der Waals surface area (Å²) in [5.74, 6) is 0.278. The zero-order chi connectivity index (χ0) is 17.0. The lowest BCUT2D eigenvalue weighted by Gasteiger charge is -2.18. The molecule has 0 aliphatic carbocycles. The van der Waals surface area contributed by atoms with Crippen molar-refractivity contribution in [1.29, 1.82) is 0 Å². The van der Waals surface area contributed by atoms with Gasteiger partial charge in [-0.05, 0) is 35.2 Å². The van der Waals surface area contributed by atoms with E-state index in [4.69, 9.17) is 5.73 Å². The molecule has 0 amide bonds. The van der Waals surface area contributed by atoms with Crippen molar-refractivity contribution in [2.45, 2.75) is 31.1 Å². The van der Waals surface area contributed by atoms with Crippen LogP contribution < -0.4 is 5.73 Å². The van der Waals surface area contributed by atoms with Gasteiger partial charge in [-0.2, -0.15) is 0 Å². The molecule has 2 nitrogen and oxygen atoms in total. The van der Waals surface area contributed by atoms with Crippen molar-refractivity contribution in [2.75, 3.05) is 5.73 Å². The normalized spacial score (nSPS) is 11.0. The van der Waals surface area contributed by atoms with Gasteiger partial charge < -0.3 is 10.8 Å². The van der Waals surface area contributed by atoms with Gasteiger partial charge in [0.15, 0.2) is 0 Å². The molecule has 120 valence electrons. The molecule has 3 rings (SSSR count). The monoisotopic (exact) mass is 325 g/mol. The number of nitrogen functional groups attached to an aromatic ring is 1. The third-order valence-electron chi connectivity index (χ3n) is 3.67. The van der Waals surface area contributed by atoms with Gasteiger partial charge in [-0.25, -0.2) is 0 Å². The second kappa shape index (κ2) is 6.97. The molecule has 0 atom stereocenters. The second-order valence-corrected chi connectivity index (χ2v) is 7.03. The number of nitrogens with two attached hydrogens (primary N) is 1. The minimum absolute atomic E-state index is 0.251. The standard InChI is InChI=1S/C10H9NO.C10H14S/c11-9-5-6-10(12)8-4-2-1-3-7(8)9;1-10(2,3)8-4-6-9(11)7-5-8/h1-6,12H,11H2;4-7,11H,1-3H3. The van der Waals surface area contributed by atoms with Crippen LogP contribution in [0.1, 0.15) is 26.3 Å². The van der Waals surface area contributed by atoms with Crippen LogP contribution in [-0.4, -0.2) is 5.11 Å². The lowest BCUT2D eigenvalue weighted by Crippen LogP contribution is -2.10. The fraction of sp³-hybridized carbons (Fsp3) is 0.200. The summed E-state index contributed by atoms with van der Waals surface area (Å²) in [6.45, 7) is 6.63. The fourth-order valence-electron chi connectivity index (χ4n) is 2.27. The molecule has 23 heavy (non-hydrogen) atoms. The van der Waals surface area contributed by atoms with E-state index in [9.17, 15) is 5.11 Å². The Kier molecular flexibility index (Phi) is 5.22. The van der Waals surface area contributed by atoms with Crippen molar-refractivity contribution in [1.82, 2.24) is 0 Å². The molecule has 0 aromatic heterocycles. The minimum atomic E-state index is 0.251. The summed E-state index contributed by atoms with van der Waals surface area (Å²) in [5.41, 5.74) is 8.02. The van der Waals surface area contributed by atoms with Crippen molar-refractivity contribution in [3.05, 3.63) is 66.2 Å². The number of rotatable bonds is 0. The average molecular weight is 325 g/mol. The molecular formula is C20H23NOS. The van der Waals surface area contributed by atoms with Crippen LogP contribution in [0, 0.1) is 0 Å². The number of benzene rings is 3. The molecule has 0 saturated carbocycles. The largest absolute Gasteiger partial charge is 0.507 e. The molecule has 0 unspecified atom stereocenters. The molecule has 0 heterocycles. The predicted octanol–water partition coefficient (Wildman–Crippen LogP) is 5.40. The SMILES string of the molecule is CC(C)(C)c1ccc(S)cc1.Nc1ccc(O)c2ccccc12. The van der Waals surface area contributed by atoms with Gasteiger partial charge in [0.1, 0.15) is 5.75 Å². The third kappa shape index (κ3) is 4.42. The molecule has 3 heteroatoms. The van der Waals surface area contributed by atoms with Crippen LogP contribution in [0.3, 0.4) is 0 Å². The average Bonchev–Trinajstić information content (AvgIpc) is 2.51. The summed E-state index contributed by atoms with van der Waals surface area (Å²) < 4.78 is 0. The van der Waals surface area contributed by atoms with Gasteiger partial charge in [-0.1, -0.05) is 57.2 Å². The smallest absolute Gasteiger partial charge is 0.123 e. The molecule has 0 saturated heterocycles. The maximum atomic E-state index is 9.44. The number of phenols is 1. The molecule has 0 spiro atoms. The van der Waals surface area contributed by atoms with Gasteiger partial charge in [-0.15, -0.1) is 12.6 Å². The van der Waals surface area contributed by atoms with Gasteiger partial charge >= 0.3 is 0 Å². The van der Waals surface area contributed by atoms with Gasteiger partial charge in [0.2, 0.25) is 0 Å². The van der Waals surface area contributed by atoms with E-state index >= 15 is 0 Å². The Morgan fingerprint density at radius 1 is 0.826 bits per heavy atom. The van der Waals surface area contributed by atoms with Crippen molar-refractivity contribution < 1.29 is 5.11 Å². The molecule has 3 aromatic rings. The number of fused-ring (bicyclic) bond motifs is 1. The van der Waals surface area contributed by atoms with E-state index in [1.54, 1.807) is 12.1 Å². The van der Waals surface area contributed by atoms with E-state index in [0.717, 1.165) is 15.7 Å². The third-order valence-corrected chi connectivity index (χ3v) is 3.97. The van der Waals surface area contributed by atoms with E-state index < -0.39 is 0 Å². The Labute approximate surface area is 143 Å². The molecule has 3 N–H and O–H groups in total. The Hall–Kier alpha value is -2.13. The Balaban J connectivity index is 0.000000168. The molecule has 0 radical (unpaired) electrons. The molecule has 0 bridgehead atoms. The molecule has 0 fully saturated rings.